The van der Waals surface area contributed by atoms with Crippen LogP contribution in [0, 0.1) is 11.3 Å². The van der Waals surface area contributed by atoms with Gasteiger partial charge in [0, 0.05) is 13.2 Å². The van der Waals surface area contributed by atoms with E-state index in [0.29, 0.717) is 12.5 Å². The SMILES string of the molecule is CC(C)(CNC(=O)NC1CCOC1C1CC1)C(=O)O. The second-order valence-electron chi connectivity index (χ2n) is 6.08. The number of carboxylic acids is 1. The van der Waals surface area contributed by atoms with Crippen molar-refractivity contribution in [2.45, 2.75) is 45.3 Å². The average molecular weight is 270 g/mol. The Morgan fingerprint density at radius 2 is 2.00 bits per heavy atom. The molecule has 3 N–H and O–H groups in total. The van der Waals surface area contributed by atoms with Gasteiger partial charge in [0.25, 0.3) is 0 Å². The first-order valence-corrected chi connectivity index (χ1v) is 6.79. The van der Waals surface area contributed by atoms with E-state index < -0.39 is 11.4 Å². The Kier molecular flexibility index (Phi) is 3.99. The van der Waals surface area contributed by atoms with E-state index in [9.17, 15) is 9.59 Å². The summed E-state index contributed by atoms with van der Waals surface area (Å²) in [5, 5.41) is 14.5. The van der Waals surface area contributed by atoms with Gasteiger partial charge < -0.3 is 20.5 Å². The van der Waals surface area contributed by atoms with Crippen LogP contribution in [-0.2, 0) is 9.53 Å². The third-order valence-electron chi connectivity index (χ3n) is 3.81. The van der Waals surface area contributed by atoms with E-state index in [2.05, 4.69) is 10.6 Å². The summed E-state index contributed by atoms with van der Waals surface area (Å²) in [6.45, 7) is 3.96. The molecule has 1 aliphatic heterocycles. The molecule has 2 amide bonds. The Morgan fingerprint density at radius 3 is 2.58 bits per heavy atom. The normalized spacial score (nSPS) is 27.1. The van der Waals surface area contributed by atoms with Crippen molar-refractivity contribution in [3.63, 3.8) is 0 Å². The van der Waals surface area contributed by atoms with Crippen LogP contribution >= 0.6 is 0 Å². The lowest BCUT2D eigenvalue weighted by Crippen LogP contribution is -2.49. The number of ether oxygens (including phenoxy) is 1. The molecular weight excluding hydrogens is 248 g/mol. The van der Waals surface area contributed by atoms with Gasteiger partial charge in [-0.2, -0.15) is 0 Å². The number of nitrogens with one attached hydrogen (secondary N) is 2. The molecule has 0 aromatic heterocycles. The highest BCUT2D eigenvalue weighted by Gasteiger charge is 2.41. The van der Waals surface area contributed by atoms with Crippen LogP contribution < -0.4 is 10.6 Å². The highest BCUT2D eigenvalue weighted by Crippen LogP contribution is 2.38. The first-order chi connectivity index (χ1) is 8.90. The van der Waals surface area contributed by atoms with Crippen LogP contribution in [-0.4, -0.2) is 42.4 Å². The van der Waals surface area contributed by atoms with Crippen molar-refractivity contribution in [1.29, 1.82) is 0 Å². The highest BCUT2D eigenvalue weighted by atomic mass is 16.5. The minimum atomic E-state index is -0.959. The van der Waals surface area contributed by atoms with Crippen LogP contribution in [0.5, 0.6) is 0 Å². The molecule has 0 aromatic carbocycles. The molecule has 0 aromatic rings. The number of hydrogen-bond donors (Lipinski definition) is 3. The fraction of sp³-hybridized carbons (Fsp3) is 0.846. The van der Waals surface area contributed by atoms with Crippen LogP contribution in [0.2, 0.25) is 0 Å². The third kappa shape index (κ3) is 3.59. The summed E-state index contributed by atoms with van der Waals surface area (Å²) in [7, 11) is 0. The van der Waals surface area contributed by atoms with E-state index in [0.717, 1.165) is 6.42 Å². The maximum atomic E-state index is 11.8. The minimum absolute atomic E-state index is 0.0560. The summed E-state index contributed by atoms with van der Waals surface area (Å²) in [4.78, 5) is 22.7. The largest absolute Gasteiger partial charge is 0.481 e. The van der Waals surface area contributed by atoms with E-state index in [1.165, 1.54) is 12.8 Å². The van der Waals surface area contributed by atoms with Crippen LogP contribution in [0.3, 0.4) is 0 Å². The Labute approximate surface area is 112 Å². The van der Waals surface area contributed by atoms with Gasteiger partial charge in [-0.05, 0) is 39.0 Å². The van der Waals surface area contributed by atoms with Gasteiger partial charge in [0.1, 0.15) is 0 Å². The van der Waals surface area contributed by atoms with E-state index >= 15 is 0 Å². The summed E-state index contributed by atoms with van der Waals surface area (Å²) in [6, 6.07) is -0.254. The van der Waals surface area contributed by atoms with Crippen molar-refractivity contribution < 1.29 is 19.4 Å². The zero-order valence-corrected chi connectivity index (χ0v) is 11.4. The lowest BCUT2D eigenvalue weighted by molar-refractivity contribution is -0.146. The molecule has 1 saturated heterocycles. The van der Waals surface area contributed by atoms with Crippen molar-refractivity contribution >= 4 is 12.0 Å². The molecule has 108 valence electrons. The maximum Gasteiger partial charge on any atom is 0.315 e. The Hall–Kier alpha value is -1.30. The molecular formula is C13H22N2O4. The summed E-state index contributed by atoms with van der Waals surface area (Å²) in [5.41, 5.74) is -0.959. The zero-order chi connectivity index (χ0) is 14.0. The van der Waals surface area contributed by atoms with Gasteiger partial charge in [-0.3, -0.25) is 4.79 Å². The Morgan fingerprint density at radius 1 is 1.32 bits per heavy atom. The number of carbonyl (C=O) groups is 2. The molecule has 2 unspecified atom stereocenters. The summed E-state index contributed by atoms with van der Waals surface area (Å²) in [5.74, 6) is -0.337. The van der Waals surface area contributed by atoms with Crippen molar-refractivity contribution in [1.82, 2.24) is 10.6 Å². The van der Waals surface area contributed by atoms with Crippen LogP contribution in [0.4, 0.5) is 4.79 Å². The molecule has 19 heavy (non-hydrogen) atoms. The predicted octanol–water partition coefficient (Wildman–Crippen LogP) is 0.964. The molecule has 1 heterocycles. The number of hydrogen-bond acceptors (Lipinski definition) is 3. The second kappa shape index (κ2) is 5.36. The lowest BCUT2D eigenvalue weighted by Gasteiger charge is -2.23. The number of urea groups is 1. The van der Waals surface area contributed by atoms with E-state index in [1.54, 1.807) is 13.8 Å². The fourth-order valence-corrected chi connectivity index (χ4v) is 2.25. The van der Waals surface area contributed by atoms with Crippen molar-refractivity contribution in [2.24, 2.45) is 11.3 Å². The molecule has 2 fully saturated rings. The lowest BCUT2D eigenvalue weighted by atomic mass is 9.94. The molecule has 6 heteroatoms. The smallest absolute Gasteiger partial charge is 0.315 e. The van der Waals surface area contributed by atoms with Gasteiger partial charge in [0.2, 0.25) is 0 Å². The van der Waals surface area contributed by atoms with Crippen molar-refractivity contribution in [2.75, 3.05) is 13.2 Å². The number of rotatable bonds is 5. The monoisotopic (exact) mass is 270 g/mol. The van der Waals surface area contributed by atoms with Gasteiger partial charge in [0.05, 0.1) is 17.6 Å². The van der Waals surface area contributed by atoms with Crippen LogP contribution in [0.25, 0.3) is 0 Å². The van der Waals surface area contributed by atoms with E-state index in [-0.39, 0.29) is 24.7 Å². The first kappa shape index (κ1) is 14.1. The number of amides is 2. The molecule has 2 aliphatic rings. The quantitative estimate of drug-likeness (QED) is 0.694. The van der Waals surface area contributed by atoms with Crippen LogP contribution in [0.15, 0.2) is 0 Å². The van der Waals surface area contributed by atoms with Gasteiger partial charge >= 0.3 is 12.0 Å². The topological polar surface area (TPSA) is 87.7 Å². The Bertz CT molecular complexity index is 366. The summed E-state index contributed by atoms with van der Waals surface area (Å²) < 4.78 is 5.64. The average Bonchev–Trinajstić information content (AvgIpc) is 3.08. The third-order valence-corrected chi connectivity index (χ3v) is 3.81. The summed E-state index contributed by atoms with van der Waals surface area (Å²) in [6.07, 6.45) is 3.32. The molecule has 1 saturated carbocycles. The van der Waals surface area contributed by atoms with E-state index in [4.69, 9.17) is 9.84 Å². The van der Waals surface area contributed by atoms with E-state index in [1.807, 2.05) is 0 Å². The molecule has 6 nitrogen and oxygen atoms in total. The highest BCUT2D eigenvalue weighted by molar-refractivity contribution is 5.77. The number of carboxylic acid groups (broad SMARTS) is 1. The minimum Gasteiger partial charge on any atom is -0.481 e. The molecule has 0 bridgehead atoms. The number of carbonyl (C=O) groups excluding carboxylic acids is 1. The van der Waals surface area contributed by atoms with Crippen molar-refractivity contribution in [3.05, 3.63) is 0 Å². The maximum absolute atomic E-state index is 11.8. The molecule has 0 spiro atoms. The van der Waals surface area contributed by atoms with Crippen molar-refractivity contribution in [3.8, 4) is 0 Å². The van der Waals surface area contributed by atoms with Crippen LogP contribution in [0.1, 0.15) is 33.1 Å². The second-order valence-corrected chi connectivity index (χ2v) is 6.08. The molecule has 2 rings (SSSR count). The fourth-order valence-electron chi connectivity index (χ4n) is 2.25. The van der Waals surface area contributed by atoms with Gasteiger partial charge in [-0.15, -0.1) is 0 Å². The predicted molar refractivity (Wildman–Crippen MR) is 68.8 cm³/mol. The standard InChI is InChI=1S/C13H22N2O4/c1-13(2,11(16)17)7-14-12(18)15-9-5-6-19-10(9)8-3-4-8/h8-10H,3-7H2,1-2H3,(H,16,17)(H2,14,15,18). The van der Waals surface area contributed by atoms with Gasteiger partial charge in [-0.1, -0.05) is 0 Å². The first-order valence-electron chi connectivity index (χ1n) is 6.79. The molecule has 1 aliphatic carbocycles. The number of aliphatic carboxylic acids is 1. The molecule has 2 atom stereocenters. The Balaban J connectivity index is 1.76. The summed E-state index contributed by atoms with van der Waals surface area (Å²) >= 11 is 0. The zero-order valence-electron chi connectivity index (χ0n) is 11.4. The van der Waals surface area contributed by atoms with Gasteiger partial charge in [0.15, 0.2) is 0 Å². The van der Waals surface area contributed by atoms with Gasteiger partial charge in [-0.25, -0.2) is 4.79 Å². The molecule has 0 radical (unpaired) electrons.